The summed E-state index contributed by atoms with van der Waals surface area (Å²) in [7, 11) is 0. The van der Waals surface area contributed by atoms with Gasteiger partial charge in [0.25, 0.3) is 0 Å². The third-order valence-corrected chi connectivity index (χ3v) is 16.5. The number of amides is 12. The molecule has 101 heavy (non-hydrogen) atoms. The predicted octanol–water partition coefficient (Wildman–Crippen LogP) is -1.51. The molecule has 1 aromatic carbocycles. The zero-order valence-electron chi connectivity index (χ0n) is 61.3. The Hall–Kier alpha value is -8.07. The highest BCUT2D eigenvalue weighted by molar-refractivity contribution is 5.99. The van der Waals surface area contributed by atoms with Gasteiger partial charge >= 0.3 is 5.97 Å². The first kappa shape index (κ1) is 89.0. The third kappa shape index (κ3) is 34.0. The number of phenolic OH excluding ortho intramolecular Hbond substituents is 1. The van der Waals surface area contributed by atoms with Gasteiger partial charge in [-0.1, -0.05) is 81.4 Å². The number of carbonyl (C=O) groups is 13. The summed E-state index contributed by atoms with van der Waals surface area (Å²) < 4.78 is 0. The summed E-state index contributed by atoms with van der Waals surface area (Å²) in [5.74, 6) is -12.2. The van der Waals surface area contributed by atoms with Crippen LogP contribution in [0.3, 0.4) is 0 Å². The van der Waals surface area contributed by atoms with Crippen molar-refractivity contribution in [3.63, 3.8) is 0 Å². The van der Waals surface area contributed by atoms with E-state index in [9.17, 15) is 82.8 Å². The van der Waals surface area contributed by atoms with E-state index in [0.717, 1.165) is 6.42 Å². The maximum atomic E-state index is 14.5. The number of aliphatic carboxylic acids is 1. The number of unbranched alkanes of at least 4 members (excludes halogenated alkanes) is 2. The lowest BCUT2D eigenvalue weighted by Crippen LogP contribution is -2.62. The first-order valence-electron chi connectivity index (χ1n) is 35.5. The van der Waals surface area contributed by atoms with E-state index >= 15 is 0 Å². The van der Waals surface area contributed by atoms with E-state index in [1.807, 2.05) is 0 Å². The van der Waals surface area contributed by atoms with Crippen LogP contribution in [0.5, 0.6) is 5.75 Å². The Labute approximate surface area is 594 Å². The lowest BCUT2D eigenvalue weighted by molar-refractivity contribution is -0.145. The standard InChI is InChI=1S/C69H119N15O17/c1-36(2)29-49(75-55(88)35-73-59(90)54(34-44-22-24-45(87)25-23-44)81-62(93)47(19-14-16-26-70)76-60(91)46-21-18-28-72-46)64(95)79-51(31-38(5)6)66(97)80-53(33-40(9)10)67(98)83-56(42(12)85)68(99)82-52(32-39(7)8)65(96)77-48(20-15-17-27-71)61(92)78-50(30-37(3)4)63(94)74-41(11)58(89)84-57(43(13)86)69(100)101/h22-25,36-43,46-54,56-57,72,85-87H,14-21,26-35,70-71H2,1-13H3,(H,73,90)(H,74,94)(H,75,88)(H,76,91)(H,77,96)(H,78,92)(H,79,95)(H,80,97)(H,81,93)(H,82,99)(H,83,98)(H,84,89)(H,100,101)/t41-,42+,43+,46-,47-,48-,49-,50-,51-,52-,53-,54-,56-,57-/m0/s1. The van der Waals surface area contributed by atoms with Crippen LogP contribution in [0.4, 0.5) is 0 Å². The fourth-order valence-corrected chi connectivity index (χ4v) is 11.2. The summed E-state index contributed by atoms with van der Waals surface area (Å²) in [6.07, 6.45) is 0.438. The number of benzene rings is 1. The Balaban J connectivity index is 2.37. The summed E-state index contributed by atoms with van der Waals surface area (Å²) in [4.78, 5) is 179. The van der Waals surface area contributed by atoms with Crippen LogP contribution in [0, 0.1) is 29.6 Å². The maximum Gasteiger partial charge on any atom is 0.328 e. The molecule has 2 rings (SSSR count). The molecule has 0 saturated carbocycles. The van der Waals surface area contributed by atoms with Crippen LogP contribution in [0.2, 0.25) is 0 Å². The predicted molar refractivity (Wildman–Crippen MR) is 377 cm³/mol. The number of nitrogens with one attached hydrogen (secondary N) is 13. The van der Waals surface area contributed by atoms with Crippen molar-refractivity contribution in [1.29, 1.82) is 0 Å². The Morgan fingerprint density at radius 2 is 0.802 bits per heavy atom. The molecule has 572 valence electrons. The Morgan fingerprint density at radius 3 is 1.20 bits per heavy atom. The van der Waals surface area contributed by atoms with Crippen LogP contribution >= 0.6 is 0 Å². The average Bonchev–Trinajstić information content (AvgIpc) is 1.67. The second-order valence-electron chi connectivity index (χ2n) is 28.5. The highest BCUT2D eigenvalue weighted by atomic mass is 16.4. The van der Waals surface area contributed by atoms with Crippen molar-refractivity contribution in [2.24, 2.45) is 41.1 Å². The van der Waals surface area contributed by atoms with E-state index in [2.05, 4.69) is 69.1 Å². The zero-order valence-corrected chi connectivity index (χ0v) is 61.3. The number of carbonyl (C=O) groups excluding carboxylic acids is 12. The molecule has 14 atom stereocenters. The molecule has 21 N–H and O–H groups in total. The van der Waals surface area contributed by atoms with Crippen molar-refractivity contribution < 1.29 is 82.8 Å². The van der Waals surface area contributed by atoms with Crippen LogP contribution in [0.25, 0.3) is 0 Å². The molecular formula is C69H119N15O17. The molecule has 0 radical (unpaired) electrons. The molecule has 1 aliphatic rings. The minimum Gasteiger partial charge on any atom is -0.508 e. The van der Waals surface area contributed by atoms with Gasteiger partial charge in [0.05, 0.1) is 24.8 Å². The van der Waals surface area contributed by atoms with Gasteiger partial charge in [-0.25, -0.2) is 4.79 Å². The van der Waals surface area contributed by atoms with Gasteiger partial charge < -0.3 is 101 Å². The normalized spacial score (nSPS) is 16.8. The van der Waals surface area contributed by atoms with Gasteiger partial charge in [-0.3, -0.25) is 57.5 Å². The molecule has 12 amide bonds. The second-order valence-corrected chi connectivity index (χ2v) is 28.5. The number of nitrogens with two attached hydrogens (primary N) is 2. The Morgan fingerprint density at radius 1 is 0.436 bits per heavy atom. The lowest BCUT2D eigenvalue weighted by Gasteiger charge is -2.30. The minimum atomic E-state index is -1.73. The molecule has 0 bridgehead atoms. The van der Waals surface area contributed by atoms with Gasteiger partial charge in [0.15, 0.2) is 6.04 Å². The fraction of sp³-hybridized carbons (Fsp3) is 0.725. The van der Waals surface area contributed by atoms with E-state index in [-0.39, 0.29) is 99.2 Å². The quantitative estimate of drug-likeness (QED) is 0.0330. The summed E-state index contributed by atoms with van der Waals surface area (Å²) in [6.45, 7) is 22.0. The van der Waals surface area contributed by atoms with Crippen LogP contribution in [-0.2, 0) is 68.7 Å². The summed E-state index contributed by atoms with van der Waals surface area (Å²) >= 11 is 0. The van der Waals surface area contributed by atoms with Crippen LogP contribution in [0.1, 0.15) is 179 Å². The molecule has 1 aliphatic heterocycles. The number of aliphatic hydroxyl groups excluding tert-OH is 2. The highest BCUT2D eigenvalue weighted by Gasteiger charge is 2.38. The first-order chi connectivity index (χ1) is 47.4. The zero-order chi connectivity index (χ0) is 76.4. The maximum absolute atomic E-state index is 14.5. The first-order valence-corrected chi connectivity index (χ1v) is 35.5. The summed E-state index contributed by atoms with van der Waals surface area (Å²) in [5, 5.41) is 74.8. The van der Waals surface area contributed by atoms with Crippen molar-refractivity contribution in [3.05, 3.63) is 29.8 Å². The number of hydrogen-bond acceptors (Lipinski definition) is 19. The van der Waals surface area contributed by atoms with Crippen molar-refractivity contribution >= 4 is 76.9 Å². The number of aliphatic hydroxyl groups is 2. The molecule has 32 nitrogen and oxygen atoms in total. The molecule has 0 aliphatic carbocycles. The number of hydrogen-bond donors (Lipinski definition) is 19. The lowest BCUT2D eigenvalue weighted by atomic mass is 9.98. The summed E-state index contributed by atoms with van der Waals surface area (Å²) in [5.41, 5.74) is 12.0. The largest absolute Gasteiger partial charge is 0.508 e. The Kier molecular flexibility index (Phi) is 40.3. The fourth-order valence-electron chi connectivity index (χ4n) is 11.2. The van der Waals surface area contributed by atoms with Gasteiger partial charge in [-0.2, -0.15) is 0 Å². The van der Waals surface area contributed by atoms with Crippen molar-refractivity contribution in [1.82, 2.24) is 69.1 Å². The monoisotopic (exact) mass is 1430 g/mol. The molecule has 0 aromatic heterocycles. The summed E-state index contributed by atoms with van der Waals surface area (Å²) in [6, 6.07) is -9.49. The van der Waals surface area contributed by atoms with Gasteiger partial charge in [0.2, 0.25) is 70.9 Å². The van der Waals surface area contributed by atoms with E-state index in [1.54, 1.807) is 81.4 Å². The van der Waals surface area contributed by atoms with Crippen molar-refractivity contribution in [2.45, 2.75) is 265 Å². The van der Waals surface area contributed by atoms with Crippen LogP contribution in [-0.4, -0.2) is 208 Å². The van der Waals surface area contributed by atoms with E-state index in [1.165, 1.54) is 32.9 Å². The smallest absolute Gasteiger partial charge is 0.328 e. The number of aromatic hydroxyl groups is 1. The van der Waals surface area contributed by atoms with Crippen molar-refractivity contribution in [2.75, 3.05) is 26.2 Å². The van der Waals surface area contributed by atoms with Crippen LogP contribution in [0.15, 0.2) is 24.3 Å². The molecule has 32 heteroatoms. The third-order valence-electron chi connectivity index (χ3n) is 16.5. The van der Waals surface area contributed by atoms with Crippen molar-refractivity contribution in [3.8, 4) is 5.75 Å². The number of phenols is 1. The number of rotatable bonds is 47. The van der Waals surface area contributed by atoms with Gasteiger partial charge in [0.1, 0.15) is 66.2 Å². The highest BCUT2D eigenvalue weighted by Crippen LogP contribution is 2.17. The molecule has 1 fully saturated rings. The van der Waals surface area contributed by atoms with Crippen LogP contribution < -0.4 is 80.6 Å². The second kappa shape index (κ2) is 45.7. The van der Waals surface area contributed by atoms with Gasteiger partial charge in [-0.15, -0.1) is 0 Å². The van der Waals surface area contributed by atoms with Gasteiger partial charge in [-0.05, 0) is 171 Å². The topological polar surface area (TPSA) is 511 Å². The number of carboxylic acid groups (broad SMARTS) is 1. The Bertz CT molecular complexity index is 2850. The minimum absolute atomic E-state index is 0.00736. The molecule has 1 aromatic rings. The van der Waals surface area contributed by atoms with E-state index < -0.39 is 162 Å². The molecular weight excluding hydrogens is 1310 g/mol. The molecule has 1 heterocycles. The molecule has 0 spiro atoms. The molecule has 0 unspecified atom stereocenters. The SMILES string of the molecule is CC(C)C[C@H](NC(=O)CNC(=O)[C@H](Cc1ccc(O)cc1)NC(=O)[C@H](CCCCN)NC(=O)[C@@H]1CCCN1)C(=O)N[C@@H](CC(C)C)C(=O)N[C@@H](CC(C)C)C(=O)N[C@H](C(=O)N[C@@H](CC(C)C)C(=O)N[C@@H](CCCCN)C(=O)N[C@@H](CC(C)C)C(=O)N[C@@H](C)C(=O)N[C@H](C(=O)O)[C@@H](C)O)[C@@H](C)O. The van der Waals surface area contributed by atoms with Gasteiger partial charge in [0, 0.05) is 6.42 Å². The molecule has 1 saturated heterocycles. The number of carboxylic acids is 1. The van der Waals surface area contributed by atoms with E-state index in [0.29, 0.717) is 50.8 Å². The average molecular weight is 1430 g/mol. The van der Waals surface area contributed by atoms with E-state index in [4.69, 9.17) is 11.5 Å².